The van der Waals surface area contributed by atoms with Gasteiger partial charge < -0.3 is 9.32 Å². The number of fused-ring (bicyclic) bond motifs is 11. The molecule has 0 amide bonds. The van der Waals surface area contributed by atoms with E-state index in [9.17, 15) is 0 Å². The number of benzene rings is 7. The number of rotatable bonds is 2. The third-order valence-electron chi connectivity index (χ3n) is 12.2. The largest absolute Gasteiger partial charge is 0.456 e. The number of aryl methyl sites for hydroxylation is 1. The molecule has 2 nitrogen and oxygen atoms in total. The summed E-state index contributed by atoms with van der Waals surface area (Å²) in [4.78, 5) is 2.54. The van der Waals surface area contributed by atoms with Gasteiger partial charge in [0.25, 0.3) is 0 Å². The molecule has 1 aliphatic heterocycles. The van der Waals surface area contributed by atoms with Gasteiger partial charge in [-0.2, -0.15) is 0 Å². The summed E-state index contributed by atoms with van der Waals surface area (Å²) in [7, 11) is 0. The van der Waals surface area contributed by atoms with Gasteiger partial charge in [0.2, 0.25) is 0 Å². The van der Waals surface area contributed by atoms with Crippen LogP contribution in [-0.4, -0.2) is 0 Å². The summed E-state index contributed by atoms with van der Waals surface area (Å²) in [5, 5.41) is 2.31. The molecule has 3 aliphatic rings. The van der Waals surface area contributed by atoms with Crippen LogP contribution in [0.2, 0.25) is 0 Å². The van der Waals surface area contributed by atoms with Crippen molar-refractivity contribution in [2.75, 3.05) is 4.90 Å². The zero-order valence-electron chi connectivity index (χ0n) is 28.6. The molecule has 0 fully saturated rings. The Kier molecular flexibility index (Phi) is 5.28. The van der Waals surface area contributed by atoms with E-state index in [1.807, 2.05) is 12.1 Å². The lowest BCUT2D eigenvalue weighted by atomic mass is 9.69. The van der Waals surface area contributed by atoms with Gasteiger partial charge in [-0.15, -0.1) is 0 Å². The Morgan fingerprint density at radius 2 is 1.20 bits per heavy atom. The first kappa shape index (κ1) is 28.0. The van der Waals surface area contributed by atoms with E-state index in [0.29, 0.717) is 0 Å². The Bertz CT molecular complexity index is 2780. The Balaban J connectivity index is 1.15. The van der Waals surface area contributed by atoms with Crippen molar-refractivity contribution in [3.8, 4) is 33.4 Å². The summed E-state index contributed by atoms with van der Waals surface area (Å²) in [6.45, 7) is 9.49. The van der Waals surface area contributed by atoms with E-state index in [4.69, 9.17) is 4.42 Å². The second kappa shape index (κ2) is 9.43. The average molecular weight is 642 g/mol. The normalized spacial score (nSPS) is 17.4. The third-order valence-corrected chi connectivity index (χ3v) is 12.2. The zero-order valence-corrected chi connectivity index (χ0v) is 28.6. The molecule has 1 aromatic heterocycles. The molecule has 2 heteroatoms. The summed E-state index contributed by atoms with van der Waals surface area (Å²) >= 11 is 0. The summed E-state index contributed by atoms with van der Waals surface area (Å²) in [6.07, 6.45) is 0. The van der Waals surface area contributed by atoms with Crippen LogP contribution in [0, 0.1) is 6.92 Å². The predicted molar refractivity (Wildman–Crippen MR) is 207 cm³/mol. The fraction of sp³-hybridized carbons (Fsp3) is 0.125. The number of anilines is 3. The number of hydrogen-bond acceptors (Lipinski definition) is 2. The van der Waals surface area contributed by atoms with Gasteiger partial charge >= 0.3 is 0 Å². The van der Waals surface area contributed by atoms with Crippen LogP contribution >= 0.6 is 0 Å². The molecule has 0 bridgehead atoms. The molecule has 11 rings (SSSR count). The minimum absolute atomic E-state index is 0.0836. The second-order valence-electron chi connectivity index (χ2n) is 15.1. The molecular weight excluding hydrogens is 607 g/mol. The van der Waals surface area contributed by atoms with Crippen molar-refractivity contribution >= 4 is 39.0 Å². The second-order valence-corrected chi connectivity index (χ2v) is 15.1. The van der Waals surface area contributed by atoms with Crippen LogP contribution in [0.4, 0.5) is 17.1 Å². The monoisotopic (exact) mass is 641 g/mol. The molecule has 2 aliphatic carbocycles. The van der Waals surface area contributed by atoms with Gasteiger partial charge in [0.05, 0.1) is 11.4 Å². The van der Waals surface area contributed by atoms with E-state index in [2.05, 4.69) is 160 Å². The summed E-state index contributed by atoms with van der Waals surface area (Å²) in [5.74, 6) is 0. The molecule has 0 spiro atoms. The Hall–Kier alpha value is -5.86. The molecule has 1 atom stereocenters. The smallest absolute Gasteiger partial charge is 0.135 e. The highest BCUT2D eigenvalue weighted by Gasteiger charge is 2.50. The Labute approximate surface area is 292 Å². The third kappa shape index (κ3) is 3.39. The SMILES string of the molecule is Cc1cc(N2c3cc4c(cc3C3(C)c5ccccc5-c5cccc2c53)C(C)(C)c2ccccc2-4)ccc1-c1ccc2oc3ccccc3c2c1. The zero-order chi connectivity index (χ0) is 33.5. The molecule has 2 heterocycles. The molecule has 0 N–H and O–H groups in total. The van der Waals surface area contributed by atoms with Gasteiger partial charge in [0, 0.05) is 27.3 Å². The number of furan rings is 1. The van der Waals surface area contributed by atoms with Crippen molar-refractivity contribution < 1.29 is 4.42 Å². The highest BCUT2D eigenvalue weighted by molar-refractivity contribution is 6.06. The Morgan fingerprint density at radius 1 is 0.480 bits per heavy atom. The number of nitrogens with zero attached hydrogens (tertiary/aromatic N) is 1. The van der Waals surface area contributed by atoms with Crippen molar-refractivity contribution in [3.05, 3.63) is 173 Å². The van der Waals surface area contributed by atoms with E-state index < -0.39 is 0 Å². The topological polar surface area (TPSA) is 16.4 Å². The molecule has 0 saturated carbocycles. The van der Waals surface area contributed by atoms with Gasteiger partial charge in [0.1, 0.15) is 11.2 Å². The minimum atomic E-state index is -0.272. The van der Waals surface area contributed by atoms with Crippen molar-refractivity contribution in [2.24, 2.45) is 0 Å². The molecule has 7 aromatic carbocycles. The molecule has 1 unspecified atom stereocenters. The maximum absolute atomic E-state index is 6.15. The number of para-hydroxylation sites is 1. The molecule has 50 heavy (non-hydrogen) atoms. The van der Waals surface area contributed by atoms with Gasteiger partial charge in [-0.05, 0) is 123 Å². The maximum atomic E-state index is 6.15. The minimum Gasteiger partial charge on any atom is -0.456 e. The fourth-order valence-electron chi connectivity index (χ4n) is 9.78. The van der Waals surface area contributed by atoms with E-state index in [-0.39, 0.29) is 10.8 Å². The quantitative estimate of drug-likeness (QED) is 0.187. The van der Waals surface area contributed by atoms with Gasteiger partial charge in [-0.1, -0.05) is 111 Å². The van der Waals surface area contributed by atoms with Gasteiger partial charge in [-0.25, -0.2) is 0 Å². The predicted octanol–water partition coefficient (Wildman–Crippen LogP) is 13.0. The number of hydrogen-bond donors (Lipinski definition) is 0. The summed E-state index contributed by atoms with van der Waals surface area (Å²) < 4.78 is 6.15. The van der Waals surface area contributed by atoms with Crippen LogP contribution in [0.25, 0.3) is 55.3 Å². The highest BCUT2D eigenvalue weighted by atomic mass is 16.3. The molecule has 0 radical (unpaired) electrons. The first-order chi connectivity index (χ1) is 24.3. The van der Waals surface area contributed by atoms with Gasteiger partial charge in [0.15, 0.2) is 0 Å². The first-order valence-electron chi connectivity index (χ1n) is 17.7. The summed E-state index contributed by atoms with van der Waals surface area (Å²) in [5.41, 5.74) is 21.3. The van der Waals surface area contributed by atoms with Crippen molar-refractivity contribution in [1.29, 1.82) is 0 Å². The van der Waals surface area contributed by atoms with E-state index in [1.165, 1.54) is 83.8 Å². The maximum Gasteiger partial charge on any atom is 0.135 e. The molecule has 8 aromatic rings. The van der Waals surface area contributed by atoms with Crippen LogP contribution in [0.1, 0.15) is 54.2 Å². The first-order valence-corrected chi connectivity index (χ1v) is 17.7. The van der Waals surface area contributed by atoms with E-state index in [1.54, 1.807) is 0 Å². The van der Waals surface area contributed by atoms with E-state index in [0.717, 1.165) is 21.9 Å². The van der Waals surface area contributed by atoms with Crippen molar-refractivity contribution in [1.82, 2.24) is 0 Å². The lowest BCUT2D eigenvalue weighted by Crippen LogP contribution is -2.33. The van der Waals surface area contributed by atoms with Crippen LogP contribution in [-0.2, 0) is 10.8 Å². The van der Waals surface area contributed by atoms with Crippen molar-refractivity contribution in [2.45, 2.75) is 38.5 Å². The Morgan fingerprint density at radius 3 is 2.04 bits per heavy atom. The van der Waals surface area contributed by atoms with Crippen LogP contribution in [0.5, 0.6) is 0 Å². The van der Waals surface area contributed by atoms with Crippen LogP contribution in [0.15, 0.2) is 144 Å². The molecule has 238 valence electrons. The lowest BCUT2D eigenvalue weighted by molar-refractivity contribution is 0.650. The summed E-state index contributed by atoms with van der Waals surface area (Å²) in [6, 6.07) is 51.9. The van der Waals surface area contributed by atoms with Crippen molar-refractivity contribution in [3.63, 3.8) is 0 Å². The lowest BCUT2D eigenvalue weighted by Gasteiger charge is -2.43. The molecular formula is C48H35NO. The fourth-order valence-corrected chi connectivity index (χ4v) is 9.78. The van der Waals surface area contributed by atoms with E-state index >= 15 is 0 Å². The average Bonchev–Trinajstić information content (AvgIpc) is 3.72. The standard InChI is InChI=1S/C48H35NO/c1-28-24-30(21-22-31(28)29-20-23-45-37(25-29)34-14-7-10-19-44(34)50-45)49-42-18-11-15-35-32-12-6-9-17-39(32)48(4,46(35)42)41-27-40-36(26-43(41)49)33-13-5-8-16-38(33)47(40,2)3/h5-27H,1-4H3. The molecule has 0 saturated heterocycles. The van der Waals surface area contributed by atoms with Gasteiger partial charge in [-0.3, -0.25) is 0 Å². The van der Waals surface area contributed by atoms with Crippen LogP contribution < -0.4 is 4.90 Å². The van der Waals surface area contributed by atoms with Crippen LogP contribution in [0.3, 0.4) is 0 Å². The highest BCUT2D eigenvalue weighted by Crippen LogP contribution is 2.64.